The Bertz CT molecular complexity index is 1080. The fraction of sp³-hybridized carbons (Fsp3) is 0.136. The van der Waals surface area contributed by atoms with E-state index in [2.05, 4.69) is 11.6 Å². The first kappa shape index (κ1) is 22.0. The number of amidine groups is 1. The standard InChI is InChI=1S/C22H20N2O6S/c1-3-9-24-21(28)19(31-22(24)23-15-5-4-6-16(25)12-15)11-14-7-8-17(18(10-14)29-2)30-13-20(26)27/h3-8,10-12,25H,1,9,13H2,2H3,(H,26,27). The number of carboxylic acid groups (broad SMARTS) is 1. The van der Waals surface area contributed by atoms with Gasteiger partial charge in [0, 0.05) is 12.6 Å². The van der Waals surface area contributed by atoms with E-state index in [1.807, 2.05) is 0 Å². The number of aliphatic imine (C=N–C) groups is 1. The number of thioether (sulfide) groups is 1. The maximum absolute atomic E-state index is 12.9. The minimum absolute atomic E-state index is 0.0829. The molecule has 9 heteroatoms. The second kappa shape index (κ2) is 9.86. The highest BCUT2D eigenvalue weighted by atomic mass is 32.2. The van der Waals surface area contributed by atoms with Gasteiger partial charge >= 0.3 is 5.97 Å². The van der Waals surface area contributed by atoms with Gasteiger partial charge in [0.05, 0.1) is 17.7 Å². The minimum Gasteiger partial charge on any atom is -0.508 e. The Labute approximate surface area is 183 Å². The minimum atomic E-state index is -1.10. The molecule has 1 amide bonds. The first-order chi connectivity index (χ1) is 14.9. The topological polar surface area (TPSA) is 109 Å². The number of amides is 1. The number of phenols is 1. The van der Waals surface area contributed by atoms with Gasteiger partial charge in [-0.1, -0.05) is 18.2 Å². The first-order valence-corrected chi connectivity index (χ1v) is 9.95. The smallest absolute Gasteiger partial charge is 0.341 e. The summed E-state index contributed by atoms with van der Waals surface area (Å²) in [5.74, 6) is -0.602. The van der Waals surface area contributed by atoms with Gasteiger partial charge in [-0.25, -0.2) is 9.79 Å². The molecule has 2 N–H and O–H groups in total. The molecule has 0 unspecified atom stereocenters. The highest BCUT2D eigenvalue weighted by molar-refractivity contribution is 8.18. The van der Waals surface area contributed by atoms with Crippen LogP contribution in [0.2, 0.25) is 0 Å². The van der Waals surface area contributed by atoms with Crippen LogP contribution in [-0.4, -0.2) is 52.4 Å². The summed E-state index contributed by atoms with van der Waals surface area (Å²) in [7, 11) is 1.45. The number of carboxylic acids is 1. The third kappa shape index (κ3) is 5.46. The Morgan fingerprint density at radius 1 is 1.26 bits per heavy atom. The molecule has 0 aliphatic carbocycles. The van der Waals surface area contributed by atoms with Crippen LogP contribution in [0.25, 0.3) is 6.08 Å². The Morgan fingerprint density at radius 2 is 2.06 bits per heavy atom. The van der Waals surface area contributed by atoms with E-state index in [-0.39, 0.29) is 24.0 Å². The van der Waals surface area contributed by atoms with Crippen LogP contribution in [0.15, 0.2) is 65.0 Å². The highest BCUT2D eigenvalue weighted by Crippen LogP contribution is 2.36. The average Bonchev–Trinajstić information content (AvgIpc) is 3.01. The number of nitrogens with zero attached hydrogens (tertiary/aromatic N) is 2. The van der Waals surface area contributed by atoms with Crippen molar-refractivity contribution >= 4 is 40.6 Å². The summed E-state index contributed by atoms with van der Waals surface area (Å²) in [6.45, 7) is 3.49. The zero-order chi connectivity index (χ0) is 22.4. The number of rotatable bonds is 8. The van der Waals surface area contributed by atoms with Gasteiger partial charge < -0.3 is 19.7 Å². The molecule has 0 bridgehead atoms. The third-order valence-corrected chi connectivity index (χ3v) is 5.10. The summed E-state index contributed by atoms with van der Waals surface area (Å²) in [4.78, 5) is 30.0. The highest BCUT2D eigenvalue weighted by Gasteiger charge is 2.32. The predicted octanol–water partition coefficient (Wildman–Crippen LogP) is 3.65. The molecule has 1 heterocycles. The van der Waals surface area contributed by atoms with Gasteiger partial charge in [0.25, 0.3) is 5.91 Å². The molecule has 0 saturated carbocycles. The Morgan fingerprint density at radius 3 is 2.74 bits per heavy atom. The molecule has 1 aliphatic heterocycles. The molecule has 2 aromatic carbocycles. The van der Waals surface area contributed by atoms with Crippen LogP contribution in [0.3, 0.4) is 0 Å². The van der Waals surface area contributed by atoms with Gasteiger partial charge in [-0.05, 0) is 47.7 Å². The van der Waals surface area contributed by atoms with Gasteiger partial charge in [-0.2, -0.15) is 0 Å². The molecule has 0 radical (unpaired) electrons. The lowest BCUT2D eigenvalue weighted by atomic mass is 10.2. The van der Waals surface area contributed by atoms with E-state index in [9.17, 15) is 14.7 Å². The number of ether oxygens (including phenoxy) is 2. The van der Waals surface area contributed by atoms with Crippen molar-refractivity contribution in [3.8, 4) is 17.2 Å². The lowest BCUT2D eigenvalue weighted by Gasteiger charge is -2.12. The molecule has 2 aromatic rings. The molecular weight excluding hydrogens is 420 g/mol. The molecule has 1 aliphatic rings. The van der Waals surface area contributed by atoms with Crippen LogP contribution in [0.4, 0.5) is 5.69 Å². The summed E-state index contributed by atoms with van der Waals surface area (Å²) in [6.07, 6.45) is 3.30. The van der Waals surface area contributed by atoms with Crippen LogP contribution in [-0.2, 0) is 9.59 Å². The molecule has 160 valence electrons. The van der Waals surface area contributed by atoms with E-state index in [0.29, 0.717) is 27.1 Å². The van der Waals surface area contributed by atoms with Crippen molar-refractivity contribution in [2.45, 2.75) is 0 Å². The van der Waals surface area contributed by atoms with Gasteiger partial charge in [0.15, 0.2) is 23.3 Å². The number of benzene rings is 2. The van der Waals surface area contributed by atoms with Crippen molar-refractivity contribution in [1.29, 1.82) is 0 Å². The zero-order valence-electron chi connectivity index (χ0n) is 16.6. The van der Waals surface area contributed by atoms with E-state index in [1.54, 1.807) is 48.6 Å². The van der Waals surface area contributed by atoms with Gasteiger partial charge in [-0.3, -0.25) is 9.69 Å². The van der Waals surface area contributed by atoms with Gasteiger partial charge in [0.2, 0.25) is 0 Å². The number of aliphatic carboxylic acids is 1. The van der Waals surface area contributed by atoms with Crippen molar-refractivity contribution in [3.63, 3.8) is 0 Å². The molecule has 0 aromatic heterocycles. The van der Waals surface area contributed by atoms with Crippen LogP contribution in [0.5, 0.6) is 17.2 Å². The molecule has 0 spiro atoms. The lowest BCUT2D eigenvalue weighted by molar-refractivity contribution is -0.139. The summed E-state index contributed by atoms with van der Waals surface area (Å²) < 4.78 is 10.5. The SMILES string of the molecule is C=CCN1C(=O)C(=Cc2ccc(OCC(=O)O)c(OC)c2)SC1=Nc1cccc(O)c1. The van der Waals surface area contributed by atoms with E-state index < -0.39 is 12.6 Å². The summed E-state index contributed by atoms with van der Waals surface area (Å²) in [6, 6.07) is 11.4. The van der Waals surface area contributed by atoms with Crippen LogP contribution < -0.4 is 9.47 Å². The Balaban J connectivity index is 1.90. The van der Waals surface area contributed by atoms with E-state index in [1.165, 1.54) is 29.8 Å². The average molecular weight is 440 g/mol. The summed E-state index contributed by atoms with van der Waals surface area (Å²) >= 11 is 1.20. The molecule has 1 saturated heterocycles. The summed E-state index contributed by atoms with van der Waals surface area (Å²) in [5, 5.41) is 18.9. The van der Waals surface area contributed by atoms with Crippen LogP contribution in [0, 0.1) is 0 Å². The number of hydrogen-bond acceptors (Lipinski definition) is 7. The fourth-order valence-corrected chi connectivity index (χ4v) is 3.75. The number of carbonyl (C=O) groups is 2. The largest absolute Gasteiger partial charge is 0.508 e. The molecule has 3 rings (SSSR count). The second-order valence-electron chi connectivity index (χ2n) is 6.32. The predicted molar refractivity (Wildman–Crippen MR) is 119 cm³/mol. The van der Waals surface area contributed by atoms with Crippen molar-refractivity contribution in [1.82, 2.24) is 4.90 Å². The van der Waals surface area contributed by atoms with E-state index in [4.69, 9.17) is 14.6 Å². The maximum Gasteiger partial charge on any atom is 0.341 e. The molecular formula is C22H20N2O6S. The van der Waals surface area contributed by atoms with Crippen LogP contribution in [0.1, 0.15) is 5.56 Å². The van der Waals surface area contributed by atoms with Crippen molar-refractivity contribution in [3.05, 3.63) is 65.6 Å². The molecule has 0 atom stereocenters. The molecule has 31 heavy (non-hydrogen) atoms. The number of phenolic OH excluding ortho intramolecular Hbond substituents is 1. The number of aromatic hydroxyl groups is 1. The Kier molecular flexibility index (Phi) is 6.99. The van der Waals surface area contributed by atoms with Gasteiger partial charge in [0.1, 0.15) is 5.75 Å². The first-order valence-electron chi connectivity index (χ1n) is 9.14. The second-order valence-corrected chi connectivity index (χ2v) is 7.33. The normalized spacial score (nSPS) is 16.0. The van der Waals surface area contributed by atoms with Crippen molar-refractivity contribution in [2.24, 2.45) is 4.99 Å². The fourth-order valence-electron chi connectivity index (χ4n) is 2.74. The Hall–Kier alpha value is -3.72. The number of carbonyl (C=O) groups excluding carboxylic acids is 1. The third-order valence-electron chi connectivity index (χ3n) is 4.09. The number of methoxy groups -OCH3 is 1. The van der Waals surface area contributed by atoms with Crippen LogP contribution >= 0.6 is 11.8 Å². The van der Waals surface area contributed by atoms with Crippen molar-refractivity contribution < 1.29 is 29.3 Å². The lowest BCUT2D eigenvalue weighted by Crippen LogP contribution is -2.29. The maximum atomic E-state index is 12.9. The quantitative estimate of drug-likeness (QED) is 0.476. The van der Waals surface area contributed by atoms with E-state index >= 15 is 0 Å². The molecule has 8 nitrogen and oxygen atoms in total. The molecule has 1 fully saturated rings. The van der Waals surface area contributed by atoms with Crippen molar-refractivity contribution in [2.75, 3.05) is 20.3 Å². The number of hydrogen-bond donors (Lipinski definition) is 2. The van der Waals surface area contributed by atoms with E-state index in [0.717, 1.165) is 0 Å². The monoisotopic (exact) mass is 440 g/mol. The zero-order valence-corrected chi connectivity index (χ0v) is 17.5. The van der Waals surface area contributed by atoms with Gasteiger partial charge in [-0.15, -0.1) is 6.58 Å². The summed E-state index contributed by atoms with van der Waals surface area (Å²) in [5.41, 5.74) is 1.19.